The number of anilines is 1. The van der Waals surface area contributed by atoms with Crippen LogP contribution in [0.3, 0.4) is 0 Å². The lowest BCUT2D eigenvalue weighted by molar-refractivity contribution is -0.113. The van der Waals surface area contributed by atoms with Gasteiger partial charge in [0.2, 0.25) is 5.91 Å². The van der Waals surface area contributed by atoms with Crippen LogP contribution in [0.1, 0.15) is 20.7 Å². The normalized spacial score (nSPS) is 12.6. The van der Waals surface area contributed by atoms with Crippen molar-refractivity contribution in [1.29, 1.82) is 0 Å². The molecule has 0 atom stereocenters. The lowest BCUT2D eigenvalue weighted by Gasteiger charge is -2.17. The van der Waals surface area contributed by atoms with E-state index in [-0.39, 0.29) is 28.5 Å². The van der Waals surface area contributed by atoms with Crippen molar-refractivity contribution < 1.29 is 28.6 Å². The Bertz CT molecular complexity index is 895. The standard InChI is InChI=1S/C18H15NO6S/c1-23-14-8-11(17(21)24-2)3-5-13(14)25-18(22)10-4-6-15-12(7-10)19-16(20)9-26-15/h3-8H,9H2,1-2H3,(H,19,20). The molecule has 1 aliphatic rings. The molecule has 0 bridgehead atoms. The van der Waals surface area contributed by atoms with E-state index in [9.17, 15) is 14.4 Å². The van der Waals surface area contributed by atoms with Gasteiger partial charge in [-0.1, -0.05) is 0 Å². The lowest BCUT2D eigenvalue weighted by Crippen LogP contribution is -2.19. The maximum atomic E-state index is 12.4. The molecule has 1 aliphatic heterocycles. The smallest absolute Gasteiger partial charge is 0.343 e. The summed E-state index contributed by atoms with van der Waals surface area (Å²) in [6, 6.07) is 9.31. The van der Waals surface area contributed by atoms with E-state index in [0.717, 1.165) is 4.90 Å². The number of carbonyl (C=O) groups excluding carboxylic acids is 3. The van der Waals surface area contributed by atoms with Crippen LogP contribution in [0.2, 0.25) is 0 Å². The van der Waals surface area contributed by atoms with Crippen LogP contribution in [-0.4, -0.2) is 37.8 Å². The van der Waals surface area contributed by atoms with Crippen LogP contribution in [0.4, 0.5) is 5.69 Å². The van der Waals surface area contributed by atoms with Crippen molar-refractivity contribution in [2.75, 3.05) is 25.3 Å². The Kier molecular flexibility index (Phi) is 5.13. The lowest BCUT2D eigenvalue weighted by atomic mass is 10.2. The van der Waals surface area contributed by atoms with Crippen molar-refractivity contribution in [3.8, 4) is 11.5 Å². The van der Waals surface area contributed by atoms with Gasteiger partial charge in [0, 0.05) is 4.90 Å². The molecular weight excluding hydrogens is 358 g/mol. The Hall–Kier alpha value is -3.00. The van der Waals surface area contributed by atoms with Crippen LogP contribution in [0.5, 0.6) is 11.5 Å². The fourth-order valence-electron chi connectivity index (χ4n) is 2.37. The summed E-state index contributed by atoms with van der Waals surface area (Å²) >= 11 is 1.41. The number of amides is 1. The number of fused-ring (bicyclic) bond motifs is 1. The minimum absolute atomic E-state index is 0.118. The van der Waals surface area contributed by atoms with Crippen LogP contribution in [0.25, 0.3) is 0 Å². The molecule has 1 heterocycles. The summed E-state index contributed by atoms with van der Waals surface area (Å²) in [6.07, 6.45) is 0. The summed E-state index contributed by atoms with van der Waals surface area (Å²) in [5.41, 5.74) is 1.14. The monoisotopic (exact) mass is 373 g/mol. The summed E-state index contributed by atoms with van der Waals surface area (Å²) < 4.78 is 15.2. The fourth-order valence-corrected chi connectivity index (χ4v) is 3.15. The van der Waals surface area contributed by atoms with E-state index < -0.39 is 11.9 Å². The van der Waals surface area contributed by atoms with Gasteiger partial charge in [-0.2, -0.15) is 0 Å². The van der Waals surface area contributed by atoms with Crippen molar-refractivity contribution >= 4 is 35.3 Å². The van der Waals surface area contributed by atoms with E-state index in [2.05, 4.69) is 10.1 Å². The molecule has 0 spiro atoms. The van der Waals surface area contributed by atoms with E-state index in [4.69, 9.17) is 9.47 Å². The van der Waals surface area contributed by atoms with Gasteiger partial charge in [0.15, 0.2) is 11.5 Å². The second-order valence-corrected chi connectivity index (χ2v) is 6.31. The molecule has 134 valence electrons. The van der Waals surface area contributed by atoms with Gasteiger partial charge in [-0.25, -0.2) is 9.59 Å². The first kappa shape index (κ1) is 17.8. The zero-order valence-corrected chi connectivity index (χ0v) is 14.8. The topological polar surface area (TPSA) is 90.9 Å². The Morgan fingerprint density at radius 3 is 2.46 bits per heavy atom. The van der Waals surface area contributed by atoms with E-state index in [1.807, 2.05) is 0 Å². The van der Waals surface area contributed by atoms with Gasteiger partial charge in [-0.3, -0.25) is 4.79 Å². The molecule has 0 saturated carbocycles. The molecule has 26 heavy (non-hydrogen) atoms. The maximum absolute atomic E-state index is 12.4. The summed E-state index contributed by atoms with van der Waals surface area (Å²) in [4.78, 5) is 36.4. The predicted octanol–water partition coefficient (Wildman–Crippen LogP) is 2.75. The minimum Gasteiger partial charge on any atom is -0.493 e. The number of rotatable bonds is 4. The predicted molar refractivity (Wildman–Crippen MR) is 95.1 cm³/mol. The van der Waals surface area contributed by atoms with E-state index in [1.54, 1.807) is 18.2 Å². The number of benzene rings is 2. The van der Waals surface area contributed by atoms with E-state index in [1.165, 1.54) is 44.2 Å². The third kappa shape index (κ3) is 3.65. The number of ether oxygens (including phenoxy) is 3. The highest BCUT2D eigenvalue weighted by Gasteiger charge is 2.19. The molecule has 0 unspecified atom stereocenters. The fraction of sp³-hybridized carbons (Fsp3) is 0.167. The summed E-state index contributed by atoms with van der Waals surface area (Å²) in [5, 5.41) is 2.72. The van der Waals surface area contributed by atoms with Crippen LogP contribution in [0, 0.1) is 0 Å². The number of esters is 2. The van der Waals surface area contributed by atoms with Gasteiger partial charge in [0.25, 0.3) is 0 Å². The first-order valence-corrected chi connectivity index (χ1v) is 8.55. The second kappa shape index (κ2) is 7.49. The van der Waals surface area contributed by atoms with Crippen molar-refractivity contribution in [1.82, 2.24) is 0 Å². The molecule has 3 rings (SSSR count). The molecule has 0 saturated heterocycles. The number of carbonyl (C=O) groups is 3. The summed E-state index contributed by atoms with van der Waals surface area (Å²) in [5.74, 6) is -0.510. The molecule has 2 aromatic carbocycles. The minimum atomic E-state index is -0.609. The van der Waals surface area contributed by atoms with Crippen LogP contribution < -0.4 is 14.8 Å². The molecule has 0 radical (unpaired) electrons. The number of hydrogen-bond acceptors (Lipinski definition) is 7. The molecule has 1 N–H and O–H groups in total. The van der Waals surface area contributed by atoms with Gasteiger partial charge < -0.3 is 19.5 Å². The molecule has 2 aromatic rings. The Balaban J connectivity index is 1.83. The largest absolute Gasteiger partial charge is 0.493 e. The van der Waals surface area contributed by atoms with Gasteiger partial charge in [0.1, 0.15) is 0 Å². The Morgan fingerprint density at radius 2 is 1.73 bits per heavy atom. The molecule has 8 heteroatoms. The summed E-state index contributed by atoms with van der Waals surface area (Å²) in [6.45, 7) is 0. The third-order valence-electron chi connectivity index (χ3n) is 3.64. The highest BCUT2D eigenvalue weighted by molar-refractivity contribution is 8.00. The first-order chi connectivity index (χ1) is 12.5. The number of nitrogens with one attached hydrogen (secondary N) is 1. The zero-order valence-electron chi connectivity index (χ0n) is 14.0. The Labute approximate surface area is 153 Å². The van der Waals surface area contributed by atoms with E-state index in [0.29, 0.717) is 11.4 Å². The first-order valence-electron chi connectivity index (χ1n) is 7.57. The van der Waals surface area contributed by atoms with Gasteiger partial charge in [-0.15, -0.1) is 11.8 Å². The maximum Gasteiger partial charge on any atom is 0.343 e. The van der Waals surface area contributed by atoms with Gasteiger partial charge in [-0.05, 0) is 36.4 Å². The second-order valence-electron chi connectivity index (χ2n) is 5.29. The molecule has 7 nitrogen and oxygen atoms in total. The third-order valence-corrected chi connectivity index (χ3v) is 4.71. The molecule has 1 amide bonds. The number of hydrogen-bond donors (Lipinski definition) is 1. The zero-order chi connectivity index (χ0) is 18.7. The van der Waals surface area contributed by atoms with Crippen molar-refractivity contribution in [2.24, 2.45) is 0 Å². The van der Waals surface area contributed by atoms with Crippen molar-refractivity contribution in [3.05, 3.63) is 47.5 Å². The average Bonchev–Trinajstić information content (AvgIpc) is 2.66. The Morgan fingerprint density at radius 1 is 1.00 bits per heavy atom. The molecular formula is C18H15NO6S. The molecule has 0 aliphatic carbocycles. The highest BCUT2D eigenvalue weighted by Crippen LogP contribution is 2.33. The van der Waals surface area contributed by atoms with E-state index >= 15 is 0 Å². The molecule has 0 aromatic heterocycles. The summed E-state index contributed by atoms with van der Waals surface area (Å²) in [7, 11) is 2.68. The molecule has 0 fully saturated rings. The van der Waals surface area contributed by atoms with Crippen molar-refractivity contribution in [3.63, 3.8) is 0 Å². The van der Waals surface area contributed by atoms with Crippen molar-refractivity contribution in [2.45, 2.75) is 4.90 Å². The highest BCUT2D eigenvalue weighted by atomic mass is 32.2. The number of thioether (sulfide) groups is 1. The average molecular weight is 373 g/mol. The van der Waals surface area contributed by atoms with Crippen LogP contribution >= 0.6 is 11.8 Å². The quantitative estimate of drug-likeness (QED) is 0.651. The number of methoxy groups -OCH3 is 2. The SMILES string of the molecule is COC(=O)c1ccc(OC(=O)c2ccc3c(c2)NC(=O)CS3)c(OC)c1. The van der Waals surface area contributed by atoms with Gasteiger partial charge >= 0.3 is 11.9 Å². The van der Waals surface area contributed by atoms with Crippen LogP contribution in [-0.2, 0) is 9.53 Å². The van der Waals surface area contributed by atoms with Gasteiger partial charge in [0.05, 0.1) is 36.8 Å². The van der Waals surface area contributed by atoms with Crippen LogP contribution in [0.15, 0.2) is 41.3 Å².